The van der Waals surface area contributed by atoms with Crippen molar-refractivity contribution in [3.63, 3.8) is 0 Å². The van der Waals surface area contributed by atoms with Crippen LogP contribution in [0.2, 0.25) is 0 Å². The largest absolute Gasteiger partial charge is 0.370 e. The van der Waals surface area contributed by atoms with Crippen LogP contribution in [0.1, 0.15) is 19.4 Å². The average molecular weight is 377 g/mol. The van der Waals surface area contributed by atoms with Gasteiger partial charge in [-0.1, -0.05) is 18.2 Å². The molecule has 0 radical (unpaired) electrons. The number of aryl methyl sites for hydroxylation is 1. The predicted molar refractivity (Wildman–Crippen MR) is 108 cm³/mol. The Bertz CT molecular complexity index is 620. The number of morpholine rings is 1. The van der Waals surface area contributed by atoms with E-state index < -0.39 is 0 Å². The molecule has 150 valence electrons. The van der Waals surface area contributed by atoms with Crippen molar-refractivity contribution in [1.82, 2.24) is 5.32 Å². The van der Waals surface area contributed by atoms with Gasteiger partial charge in [0.05, 0.1) is 45.9 Å². The number of rotatable bonds is 6. The van der Waals surface area contributed by atoms with Gasteiger partial charge in [0.2, 0.25) is 0 Å². The van der Waals surface area contributed by atoms with Gasteiger partial charge in [-0.25, -0.2) is 0 Å². The van der Waals surface area contributed by atoms with Gasteiger partial charge in [-0.2, -0.15) is 0 Å². The first kappa shape index (κ1) is 20.1. The highest BCUT2D eigenvalue weighted by Gasteiger charge is 2.33. The van der Waals surface area contributed by atoms with E-state index in [1.807, 2.05) is 0 Å². The Morgan fingerprint density at radius 3 is 2.48 bits per heavy atom. The fourth-order valence-corrected chi connectivity index (χ4v) is 4.19. The molecule has 2 fully saturated rings. The van der Waals surface area contributed by atoms with Crippen LogP contribution in [0.5, 0.6) is 0 Å². The lowest BCUT2D eigenvalue weighted by atomic mass is 10.0. The molecule has 1 aromatic rings. The Kier molecular flexibility index (Phi) is 6.73. The topological polar surface area (TPSA) is 50.5 Å². The number of carbonyl (C=O) groups excluding carboxylic acids is 1. The maximum absolute atomic E-state index is 12.5. The SMILES string of the molecule is Cc1ccccc1N1CC[NH+](CC(=O)NCC(C)(C)[NH+]2CCOCC2)CC1. The Morgan fingerprint density at radius 2 is 1.81 bits per heavy atom. The minimum atomic E-state index is 0.0539. The molecule has 6 nitrogen and oxygen atoms in total. The zero-order valence-electron chi connectivity index (χ0n) is 17.1. The number of hydrogen-bond acceptors (Lipinski definition) is 3. The first-order valence-electron chi connectivity index (χ1n) is 10.3. The molecule has 2 heterocycles. The third-order valence-electron chi connectivity index (χ3n) is 6.12. The molecular weight excluding hydrogens is 340 g/mol. The van der Waals surface area contributed by atoms with Crippen LogP contribution in [0.15, 0.2) is 24.3 Å². The van der Waals surface area contributed by atoms with E-state index in [1.54, 1.807) is 0 Å². The van der Waals surface area contributed by atoms with E-state index in [4.69, 9.17) is 4.74 Å². The molecule has 3 rings (SSSR count). The normalized spacial score (nSPS) is 19.9. The van der Waals surface area contributed by atoms with E-state index >= 15 is 0 Å². The van der Waals surface area contributed by atoms with Gasteiger partial charge in [0.1, 0.15) is 18.6 Å². The van der Waals surface area contributed by atoms with E-state index in [1.165, 1.54) is 21.1 Å². The second-order valence-corrected chi connectivity index (χ2v) is 8.58. The summed E-state index contributed by atoms with van der Waals surface area (Å²) < 4.78 is 5.45. The number of anilines is 1. The zero-order chi connectivity index (χ0) is 19.3. The first-order valence-corrected chi connectivity index (χ1v) is 10.3. The molecule has 2 aliphatic rings. The maximum Gasteiger partial charge on any atom is 0.275 e. The summed E-state index contributed by atoms with van der Waals surface area (Å²) in [7, 11) is 0. The summed E-state index contributed by atoms with van der Waals surface area (Å²) in [5.41, 5.74) is 2.71. The van der Waals surface area contributed by atoms with Crippen LogP contribution in [-0.4, -0.2) is 77.0 Å². The summed E-state index contributed by atoms with van der Waals surface area (Å²) in [5, 5.41) is 3.18. The van der Waals surface area contributed by atoms with Crippen molar-refractivity contribution in [1.29, 1.82) is 0 Å². The molecular formula is C21H36N4O2+2. The number of ether oxygens (including phenoxy) is 1. The third kappa shape index (κ3) is 5.43. The van der Waals surface area contributed by atoms with Crippen LogP contribution in [0.3, 0.4) is 0 Å². The summed E-state index contributed by atoms with van der Waals surface area (Å²) in [6.07, 6.45) is 0. The molecule has 27 heavy (non-hydrogen) atoms. The molecule has 2 aliphatic heterocycles. The third-order valence-corrected chi connectivity index (χ3v) is 6.12. The summed E-state index contributed by atoms with van der Waals surface area (Å²) in [6.45, 7) is 15.7. The fourth-order valence-electron chi connectivity index (χ4n) is 4.19. The van der Waals surface area contributed by atoms with Crippen molar-refractivity contribution in [2.45, 2.75) is 26.3 Å². The number of amides is 1. The number of carbonyl (C=O) groups is 1. The number of quaternary nitrogens is 2. The molecule has 1 aromatic carbocycles. The van der Waals surface area contributed by atoms with Crippen LogP contribution in [-0.2, 0) is 9.53 Å². The number of benzene rings is 1. The van der Waals surface area contributed by atoms with Crippen LogP contribution >= 0.6 is 0 Å². The molecule has 3 N–H and O–H groups in total. The molecule has 0 atom stereocenters. The second-order valence-electron chi connectivity index (χ2n) is 8.58. The number of hydrogen-bond donors (Lipinski definition) is 3. The Labute approximate surface area is 163 Å². The highest BCUT2D eigenvalue weighted by molar-refractivity contribution is 5.76. The van der Waals surface area contributed by atoms with Crippen LogP contribution in [0.25, 0.3) is 0 Å². The average Bonchev–Trinajstić information content (AvgIpc) is 2.68. The lowest BCUT2D eigenvalue weighted by Crippen LogP contribution is -3.22. The summed E-state index contributed by atoms with van der Waals surface area (Å²) >= 11 is 0. The fraction of sp³-hybridized carbons (Fsp3) is 0.667. The number of nitrogens with zero attached hydrogens (tertiary/aromatic N) is 1. The van der Waals surface area contributed by atoms with Gasteiger partial charge >= 0.3 is 0 Å². The monoisotopic (exact) mass is 376 g/mol. The molecule has 0 spiro atoms. The van der Waals surface area contributed by atoms with E-state index in [9.17, 15) is 4.79 Å². The molecule has 0 saturated carbocycles. The Hall–Kier alpha value is -1.63. The van der Waals surface area contributed by atoms with E-state index in [-0.39, 0.29) is 11.4 Å². The standard InChI is InChI=1S/C21H34N4O2/c1-18-6-4-5-7-19(18)24-10-8-23(9-11-24)16-20(26)22-17-21(2,3)25-12-14-27-15-13-25/h4-7H,8-17H2,1-3H3,(H,22,26)/p+2. The number of piperazine rings is 1. The van der Waals surface area contributed by atoms with Crippen molar-refractivity contribution in [3.05, 3.63) is 29.8 Å². The van der Waals surface area contributed by atoms with E-state index in [2.05, 4.69) is 55.3 Å². The van der Waals surface area contributed by atoms with Crippen molar-refractivity contribution < 1.29 is 19.3 Å². The lowest BCUT2D eigenvalue weighted by molar-refractivity contribution is -0.954. The van der Waals surface area contributed by atoms with Gasteiger partial charge in [-0.15, -0.1) is 0 Å². The van der Waals surface area contributed by atoms with Crippen LogP contribution in [0.4, 0.5) is 5.69 Å². The molecule has 1 amide bonds. The highest BCUT2D eigenvalue weighted by Crippen LogP contribution is 2.18. The molecule has 6 heteroatoms. The van der Waals surface area contributed by atoms with Gasteiger partial charge < -0.3 is 24.8 Å². The van der Waals surface area contributed by atoms with Gasteiger partial charge in [-0.3, -0.25) is 4.79 Å². The number of para-hydroxylation sites is 1. The van der Waals surface area contributed by atoms with Crippen molar-refractivity contribution in [2.75, 3.05) is 70.5 Å². The smallest absolute Gasteiger partial charge is 0.275 e. The van der Waals surface area contributed by atoms with Crippen LogP contribution < -0.4 is 20.0 Å². The van der Waals surface area contributed by atoms with Gasteiger partial charge in [0.25, 0.3) is 5.91 Å². The van der Waals surface area contributed by atoms with E-state index in [0.717, 1.165) is 59.0 Å². The Morgan fingerprint density at radius 1 is 1.15 bits per heavy atom. The van der Waals surface area contributed by atoms with Gasteiger partial charge in [0, 0.05) is 5.69 Å². The van der Waals surface area contributed by atoms with Crippen molar-refractivity contribution >= 4 is 11.6 Å². The number of nitrogens with one attached hydrogen (secondary N) is 3. The molecule has 2 saturated heterocycles. The van der Waals surface area contributed by atoms with Gasteiger partial charge in [-0.05, 0) is 32.4 Å². The van der Waals surface area contributed by atoms with E-state index in [0.29, 0.717) is 6.54 Å². The Balaban J connectivity index is 1.41. The lowest BCUT2D eigenvalue weighted by Gasteiger charge is -2.38. The predicted octanol–water partition coefficient (Wildman–Crippen LogP) is -1.49. The zero-order valence-corrected chi connectivity index (χ0v) is 17.1. The quantitative estimate of drug-likeness (QED) is 0.567. The second kappa shape index (κ2) is 9.04. The van der Waals surface area contributed by atoms with Crippen molar-refractivity contribution in [2.24, 2.45) is 0 Å². The van der Waals surface area contributed by atoms with Gasteiger partial charge in [0.15, 0.2) is 6.54 Å². The first-order chi connectivity index (χ1) is 13.0. The minimum Gasteiger partial charge on any atom is -0.370 e. The summed E-state index contributed by atoms with van der Waals surface area (Å²) in [4.78, 5) is 17.8. The molecule has 0 unspecified atom stereocenters. The molecule has 0 aliphatic carbocycles. The molecule has 0 bridgehead atoms. The maximum atomic E-state index is 12.5. The highest BCUT2D eigenvalue weighted by atomic mass is 16.5. The summed E-state index contributed by atoms with van der Waals surface area (Å²) in [5.74, 6) is 0.176. The van der Waals surface area contributed by atoms with Crippen LogP contribution in [0, 0.1) is 6.92 Å². The summed E-state index contributed by atoms with van der Waals surface area (Å²) in [6, 6.07) is 8.56. The minimum absolute atomic E-state index is 0.0539. The van der Waals surface area contributed by atoms with Crippen molar-refractivity contribution in [3.8, 4) is 0 Å². The molecule has 0 aromatic heterocycles.